The van der Waals surface area contributed by atoms with E-state index < -0.39 is 5.82 Å². The van der Waals surface area contributed by atoms with Gasteiger partial charge in [0.1, 0.15) is 29.1 Å². The molecule has 0 unspecified atom stereocenters. The quantitative estimate of drug-likeness (QED) is 0.613. The molecule has 4 N–H and O–H groups in total. The van der Waals surface area contributed by atoms with Gasteiger partial charge < -0.3 is 5.32 Å². The summed E-state index contributed by atoms with van der Waals surface area (Å²) in [5.74, 6) is -0.604. The first-order valence-electron chi connectivity index (χ1n) is 8.87. The van der Waals surface area contributed by atoms with Gasteiger partial charge in [0, 0.05) is 11.3 Å². The van der Waals surface area contributed by atoms with Crippen molar-refractivity contribution in [3.63, 3.8) is 0 Å². The minimum Gasteiger partial charge on any atom is -0.325 e. The highest BCUT2D eigenvalue weighted by Crippen LogP contribution is 2.33. The standard InChI is InChI=1S/C22H16FN5OS/c1-13-3-2-4-16(9-13)27-19(29)12-30-22-18(11-25)20(17(10-24)21(26)28-22)14-5-7-15(23)8-6-14/h2-9H,12H2,1H3,(H2,26,28)(H,27,29)/p+1. The van der Waals surface area contributed by atoms with E-state index in [2.05, 4.69) is 16.4 Å². The molecule has 1 amide bonds. The number of H-pyrrole nitrogens is 1. The van der Waals surface area contributed by atoms with Gasteiger partial charge in [0.25, 0.3) is 5.82 Å². The maximum atomic E-state index is 13.3. The zero-order valence-electron chi connectivity index (χ0n) is 16.0. The molecule has 3 rings (SSSR count). The Morgan fingerprint density at radius 3 is 2.50 bits per heavy atom. The van der Waals surface area contributed by atoms with E-state index in [4.69, 9.17) is 5.73 Å². The van der Waals surface area contributed by atoms with Crippen molar-refractivity contribution < 1.29 is 14.2 Å². The molecule has 8 heteroatoms. The number of amides is 1. The van der Waals surface area contributed by atoms with Gasteiger partial charge >= 0.3 is 0 Å². The number of nitrogen functional groups attached to an aromatic ring is 1. The Morgan fingerprint density at radius 1 is 1.17 bits per heavy atom. The van der Waals surface area contributed by atoms with Gasteiger partial charge in [-0.2, -0.15) is 10.5 Å². The van der Waals surface area contributed by atoms with Crippen LogP contribution in [0.4, 0.5) is 15.9 Å². The smallest absolute Gasteiger partial charge is 0.289 e. The molecule has 0 bridgehead atoms. The molecule has 0 radical (unpaired) electrons. The molecular formula is C22H17FN5OS+. The van der Waals surface area contributed by atoms with Crippen LogP contribution < -0.4 is 16.0 Å². The number of thioether (sulfide) groups is 1. The van der Waals surface area contributed by atoms with Crippen LogP contribution in [0, 0.1) is 35.4 Å². The van der Waals surface area contributed by atoms with Crippen molar-refractivity contribution in [2.24, 2.45) is 0 Å². The number of aromatic nitrogens is 1. The van der Waals surface area contributed by atoms with Crippen molar-refractivity contribution in [2.45, 2.75) is 11.9 Å². The number of benzene rings is 2. The number of nitriles is 2. The average Bonchev–Trinajstić information content (AvgIpc) is 2.72. The van der Waals surface area contributed by atoms with Crippen LogP contribution in [0.1, 0.15) is 16.7 Å². The lowest BCUT2D eigenvalue weighted by Gasteiger charge is -2.10. The number of halogens is 1. The van der Waals surface area contributed by atoms with Crippen molar-refractivity contribution in [3.05, 3.63) is 71.0 Å². The van der Waals surface area contributed by atoms with E-state index in [-0.39, 0.29) is 28.6 Å². The first-order chi connectivity index (χ1) is 14.4. The summed E-state index contributed by atoms with van der Waals surface area (Å²) in [4.78, 5) is 15.2. The van der Waals surface area contributed by atoms with Gasteiger partial charge in [-0.3, -0.25) is 10.5 Å². The Bertz CT molecular complexity index is 1200. The molecule has 0 aliphatic heterocycles. The average molecular weight is 418 g/mol. The second-order valence-corrected chi connectivity index (χ2v) is 7.42. The normalized spacial score (nSPS) is 10.1. The highest BCUT2D eigenvalue weighted by molar-refractivity contribution is 7.99. The topological polar surface area (TPSA) is 117 Å². The van der Waals surface area contributed by atoms with E-state index in [1.54, 1.807) is 6.07 Å². The van der Waals surface area contributed by atoms with Gasteiger partial charge in [0.05, 0.1) is 5.75 Å². The number of pyridine rings is 1. The SMILES string of the molecule is Cc1cccc(NC(=O)CSc2[nH+]c(N)c(C#N)c(-c3ccc(F)cc3)c2C#N)c1. The fourth-order valence-corrected chi connectivity index (χ4v) is 3.74. The largest absolute Gasteiger partial charge is 0.325 e. The zero-order chi connectivity index (χ0) is 21.7. The Hall–Kier alpha value is -3.88. The van der Waals surface area contributed by atoms with Crippen molar-refractivity contribution in [3.8, 4) is 23.3 Å². The van der Waals surface area contributed by atoms with Gasteiger partial charge in [0.2, 0.25) is 5.91 Å². The number of hydrogen-bond acceptors (Lipinski definition) is 5. The van der Waals surface area contributed by atoms with Gasteiger partial charge in [-0.1, -0.05) is 36.0 Å². The van der Waals surface area contributed by atoms with Crippen LogP contribution >= 0.6 is 11.8 Å². The maximum absolute atomic E-state index is 13.3. The van der Waals surface area contributed by atoms with E-state index in [9.17, 15) is 19.7 Å². The van der Waals surface area contributed by atoms with Crippen molar-refractivity contribution in [1.29, 1.82) is 10.5 Å². The molecule has 0 aliphatic rings. The number of nitrogens with two attached hydrogens (primary N) is 1. The molecule has 0 aliphatic carbocycles. The molecule has 1 heterocycles. The number of nitrogens with one attached hydrogen (secondary N) is 2. The lowest BCUT2D eigenvalue weighted by atomic mass is 9.97. The molecule has 0 atom stereocenters. The van der Waals surface area contributed by atoms with Crippen molar-refractivity contribution in [1.82, 2.24) is 0 Å². The van der Waals surface area contributed by atoms with Crippen LogP contribution in [0.15, 0.2) is 53.6 Å². The van der Waals surface area contributed by atoms with Crippen LogP contribution in [0.3, 0.4) is 0 Å². The van der Waals surface area contributed by atoms with Crippen LogP contribution in [-0.2, 0) is 4.79 Å². The Kier molecular flexibility index (Phi) is 6.31. The van der Waals surface area contributed by atoms with Gasteiger partial charge in [-0.25, -0.2) is 9.37 Å². The minimum atomic E-state index is -0.436. The third-order valence-corrected chi connectivity index (χ3v) is 5.25. The van der Waals surface area contributed by atoms with Crippen LogP contribution in [-0.4, -0.2) is 11.7 Å². The van der Waals surface area contributed by atoms with Gasteiger partial charge in [-0.15, -0.1) is 0 Å². The summed E-state index contributed by atoms with van der Waals surface area (Å²) in [5.41, 5.74) is 8.73. The molecule has 6 nitrogen and oxygen atoms in total. The first-order valence-corrected chi connectivity index (χ1v) is 9.85. The Labute approximate surface area is 177 Å². The van der Waals surface area contributed by atoms with E-state index in [1.165, 1.54) is 24.3 Å². The second-order valence-electron chi connectivity index (χ2n) is 6.43. The van der Waals surface area contributed by atoms with Gasteiger partial charge in [-0.05, 0) is 42.3 Å². The fourth-order valence-electron chi connectivity index (χ4n) is 2.91. The lowest BCUT2D eigenvalue weighted by Crippen LogP contribution is -2.21. The third-order valence-electron chi connectivity index (χ3n) is 4.25. The number of nitrogens with zero attached hydrogens (tertiary/aromatic N) is 2. The van der Waals surface area contributed by atoms with Gasteiger partial charge in [0.15, 0.2) is 5.03 Å². The van der Waals surface area contributed by atoms with Crippen LogP contribution in [0.5, 0.6) is 0 Å². The predicted octanol–water partition coefficient (Wildman–Crippen LogP) is 3.67. The molecule has 1 aromatic heterocycles. The van der Waals surface area contributed by atoms with E-state index in [0.717, 1.165) is 17.3 Å². The number of carbonyl (C=O) groups is 1. The molecule has 0 fully saturated rings. The second kappa shape index (κ2) is 9.08. The maximum Gasteiger partial charge on any atom is 0.289 e. The summed E-state index contributed by atoms with van der Waals surface area (Å²) in [5, 5.41) is 22.4. The van der Waals surface area contributed by atoms with Crippen molar-refractivity contribution in [2.75, 3.05) is 16.8 Å². The van der Waals surface area contributed by atoms with Crippen molar-refractivity contribution >= 4 is 29.2 Å². The molecule has 30 heavy (non-hydrogen) atoms. The lowest BCUT2D eigenvalue weighted by molar-refractivity contribution is -0.410. The van der Waals surface area contributed by atoms with E-state index >= 15 is 0 Å². The summed E-state index contributed by atoms with van der Waals surface area (Å²) in [6.07, 6.45) is 0. The molecule has 2 aromatic carbocycles. The Balaban J connectivity index is 1.92. The number of rotatable bonds is 5. The third kappa shape index (κ3) is 4.57. The predicted molar refractivity (Wildman–Crippen MR) is 113 cm³/mol. The fraction of sp³-hybridized carbons (Fsp3) is 0.0909. The van der Waals surface area contributed by atoms with Crippen LogP contribution in [0.2, 0.25) is 0 Å². The molecule has 0 spiro atoms. The summed E-state index contributed by atoms with van der Waals surface area (Å²) in [6.45, 7) is 1.93. The van der Waals surface area contributed by atoms with Crippen LogP contribution in [0.25, 0.3) is 11.1 Å². The summed E-state index contributed by atoms with van der Waals surface area (Å²) < 4.78 is 13.3. The van der Waals surface area contributed by atoms with E-state index in [1.807, 2.05) is 31.2 Å². The highest BCUT2D eigenvalue weighted by atomic mass is 32.2. The zero-order valence-corrected chi connectivity index (χ0v) is 16.8. The Morgan fingerprint density at radius 2 is 1.87 bits per heavy atom. The highest BCUT2D eigenvalue weighted by Gasteiger charge is 2.24. The summed E-state index contributed by atoms with van der Waals surface area (Å²) >= 11 is 1.09. The summed E-state index contributed by atoms with van der Waals surface area (Å²) in [7, 11) is 0. The number of anilines is 2. The molecule has 0 saturated heterocycles. The minimum absolute atomic E-state index is 0.0212. The number of hydrogen-bond donors (Lipinski definition) is 2. The first kappa shape index (κ1) is 20.8. The number of aryl methyl sites for hydroxylation is 1. The molecule has 148 valence electrons. The molecule has 3 aromatic rings. The summed E-state index contributed by atoms with van der Waals surface area (Å²) in [6, 6.07) is 16.9. The monoisotopic (exact) mass is 418 g/mol. The van der Waals surface area contributed by atoms with E-state index in [0.29, 0.717) is 21.8 Å². The molecular weight excluding hydrogens is 401 g/mol. The number of aromatic amines is 1. The number of carbonyl (C=O) groups excluding carboxylic acids is 1. The molecule has 0 saturated carbocycles.